The van der Waals surface area contributed by atoms with Crippen molar-refractivity contribution in [3.05, 3.63) is 39.4 Å². The zero-order chi connectivity index (χ0) is 11.1. The molecule has 4 heteroatoms. The van der Waals surface area contributed by atoms with Gasteiger partial charge in [-0.1, -0.05) is 19.9 Å². The van der Waals surface area contributed by atoms with Crippen molar-refractivity contribution >= 4 is 12.0 Å². The van der Waals surface area contributed by atoms with Crippen LogP contribution in [0.3, 0.4) is 0 Å². The lowest BCUT2D eigenvalue weighted by Gasteiger charge is -1.96. The van der Waals surface area contributed by atoms with Crippen LogP contribution in [-0.2, 0) is 0 Å². The van der Waals surface area contributed by atoms with Crippen LogP contribution in [0.4, 0.5) is 5.69 Å². The first kappa shape index (κ1) is 12.3. The van der Waals surface area contributed by atoms with Crippen LogP contribution in [0.25, 0.3) is 0 Å². The first-order valence-corrected chi connectivity index (χ1v) is 4.35. The largest absolute Gasteiger partial charge is 0.298 e. The number of hydrogen-bond acceptors (Lipinski definition) is 3. The van der Waals surface area contributed by atoms with E-state index in [2.05, 4.69) is 0 Å². The Hall–Kier alpha value is -1.71. The molecule has 1 rings (SSSR count). The fourth-order valence-corrected chi connectivity index (χ4v) is 0.868. The van der Waals surface area contributed by atoms with Crippen LogP contribution >= 0.6 is 0 Å². The van der Waals surface area contributed by atoms with Gasteiger partial charge in [0.25, 0.3) is 5.69 Å². The second kappa shape index (κ2) is 5.85. The molecule has 0 saturated carbocycles. The minimum atomic E-state index is -0.521. The molecule has 0 aromatic heterocycles. The van der Waals surface area contributed by atoms with Crippen molar-refractivity contribution in [3.8, 4) is 0 Å². The number of nitro benzene ring substituents is 1. The summed E-state index contributed by atoms with van der Waals surface area (Å²) >= 11 is 0. The Kier molecular flexibility index (Phi) is 5.14. The second-order valence-corrected chi connectivity index (χ2v) is 2.42. The van der Waals surface area contributed by atoms with Gasteiger partial charge in [-0.25, -0.2) is 0 Å². The highest BCUT2D eigenvalue weighted by Gasteiger charge is 2.06. The summed E-state index contributed by atoms with van der Waals surface area (Å²) in [6.45, 7) is 5.73. The molecule has 0 fully saturated rings. The number of benzene rings is 1. The van der Waals surface area contributed by atoms with Crippen molar-refractivity contribution < 1.29 is 9.72 Å². The third kappa shape index (κ3) is 2.97. The lowest BCUT2D eigenvalue weighted by Crippen LogP contribution is -1.91. The van der Waals surface area contributed by atoms with Gasteiger partial charge in [-0.05, 0) is 12.5 Å². The predicted octanol–water partition coefficient (Wildman–Crippen LogP) is 2.74. The van der Waals surface area contributed by atoms with E-state index in [9.17, 15) is 14.9 Å². The molecule has 0 amide bonds. The van der Waals surface area contributed by atoms with E-state index in [1.165, 1.54) is 12.1 Å². The smallest absolute Gasteiger partial charge is 0.270 e. The van der Waals surface area contributed by atoms with Crippen LogP contribution < -0.4 is 0 Å². The molecule has 1 aromatic rings. The highest BCUT2D eigenvalue weighted by molar-refractivity contribution is 5.78. The SMILES string of the molecule is CC.Cc1ccc([N+](=O)[O-])cc1C=O. The molecule has 0 N–H and O–H groups in total. The molecular weight excluding hydrogens is 182 g/mol. The van der Waals surface area contributed by atoms with Gasteiger partial charge in [0.05, 0.1) is 4.92 Å². The number of nitro groups is 1. The molecule has 0 aliphatic heterocycles. The van der Waals surface area contributed by atoms with E-state index in [1.807, 2.05) is 13.8 Å². The monoisotopic (exact) mass is 195 g/mol. The average molecular weight is 195 g/mol. The number of aldehydes is 1. The van der Waals surface area contributed by atoms with Gasteiger partial charge >= 0.3 is 0 Å². The van der Waals surface area contributed by atoms with Crippen molar-refractivity contribution in [2.75, 3.05) is 0 Å². The van der Waals surface area contributed by atoms with Crippen LogP contribution in [-0.4, -0.2) is 11.2 Å². The highest BCUT2D eigenvalue weighted by atomic mass is 16.6. The molecule has 0 aliphatic rings. The molecule has 1 aromatic carbocycles. The maximum absolute atomic E-state index is 10.4. The Bertz CT molecular complexity index is 334. The molecule has 14 heavy (non-hydrogen) atoms. The third-order valence-electron chi connectivity index (χ3n) is 1.60. The number of aryl methyl sites for hydroxylation is 1. The van der Waals surface area contributed by atoms with Gasteiger partial charge in [-0.2, -0.15) is 0 Å². The summed E-state index contributed by atoms with van der Waals surface area (Å²) in [5.74, 6) is 0. The summed E-state index contributed by atoms with van der Waals surface area (Å²) in [5, 5.41) is 10.3. The molecule has 0 saturated heterocycles. The zero-order valence-corrected chi connectivity index (χ0v) is 8.48. The molecule has 0 aliphatic carbocycles. The summed E-state index contributed by atoms with van der Waals surface area (Å²) in [6, 6.07) is 4.20. The summed E-state index contributed by atoms with van der Waals surface area (Å²) < 4.78 is 0. The molecule has 0 spiro atoms. The summed E-state index contributed by atoms with van der Waals surface area (Å²) in [4.78, 5) is 20.1. The highest BCUT2D eigenvalue weighted by Crippen LogP contribution is 2.15. The summed E-state index contributed by atoms with van der Waals surface area (Å²) in [5.41, 5.74) is 1.06. The van der Waals surface area contributed by atoms with Gasteiger partial charge in [0.1, 0.15) is 0 Å². The van der Waals surface area contributed by atoms with E-state index < -0.39 is 4.92 Å². The quantitative estimate of drug-likeness (QED) is 0.414. The number of rotatable bonds is 2. The number of nitrogens with zero attached hydrogens (tertiary/aromatic N) is 1. The van der Waals surface area contributed by atoms with Gasteiger partial charge in [-0.3, -0.25) is 14.9 Å². The van der Waals surface area contributed by atoms with Gasteiger partial charge in [0.2, 0.25) is 0 Å². The van der Waals surface area contributed by atoms with E-state index in [1.54, 1.807) is 13.0 Å². The van der Waals surface area contributed by atoms with Crippen molar-refractivity contribution in [3.63, 3.8) is 0 Å². The van der Waals surface area contributed by atoms with Crippen molar-refractivity contribution in [1.82, 2.24) is 0 Å². The predicted molar refractivity (Wildman–Crippen MR) is 54.6 cm³/mol. The molecular formula is C10H13NO3. The first-order chi connectivity index (χ1) is 6.65. The Morgan fingerprint density at radius 2 is 1.93 bits per heavy atom. The van der Waals surface area contributed by atoms with Crippen LogP contribution in [0.5, 0.6) is 0 Å². The number of hydrogen-bond donors (Lipinski definition) is 0. The Balaban J connectivity index is 0.000000791. The zero-order valence-electron chi connectivity index (χ0n) is 8.48. The van der Waals surface area contributed by atoms with Crippen molar-refractivity contribution in [2.24, 2.45) is 0 Å². The normalized spacial score (nSPS) is 8.50. The molecule has 0 radical (unpaired) electrons. The average Bonchev–Trinajstić information content (AvgIpc) is 2.21. The molecule has 0 heterocycles. The topological polar surface area (TPSA) is 60.2 Å². The van der Waals surface area contributed by atoms with E-state index in [4.69, 9.17) is 0 Å². The number of carbonyl (C=O) groups is 1. The molecule has 0 unspecified atom stereocenters. The fourth-order valence-electron chi connectivity index (χ4n) is 0.868. The second-order valence-electron chi connectivity index (χ2n) is 2.42. The molecule has 0 bridgehead atoms. The summed E-state index contributed by atoms with van der Waals surface area (Å²) in [7, 11) is 0. The van der Waals surface area contributed by atoms with Crippen LogP contribution in [0, 0.1) is 17.0 Å². The van der Waals surface area contributed by atoms with E-state index in [0.29, 0.717) is 11.8 Å². The number of carbonyl (C=O) groups excluding carboxylic acids is 1. The molecule has 0 atom stereocenters. The Morgan fingerprint density at radius 3 is 2.36 bits per heavy atom. The van der Waals surface area contributed by atoms with Crippen LogP contribution in [0.15, 0.2) is 18.2 Å². The minimum absolute atomic E-state index is 0.0531. The van der Waals surface area contributed by atoms with Crippen molar-refractivity contribution in [1.29, 1.82) is 0 Å². The van der Waals surface area contributed by atoms with Crippen molar-refractivity contribution in [2.45, 2.75) is 20.8 Å². The molecule has 4 nitrogen and oxygen atoms in total. The standard InChI is InChI=1S/C8H7NO3.C2H6/c1-6-2-3-8(9(11)12)4-7(6)5-10;1-2/h2-5H,1H3;1-2H3. The lowest BCUT2D eigenvalue weighted by molar-refractivity contribution is -0.384. The maximum Gasteiger partial charge on any atom is 0.270 e. The van der Waals surface area contributed by atoms with Crippen LogP contribution in [0.2, 0.25) is 0 Å². The van der Waals surface area contributed by atoms with Gasteiger partial charge in [0, 0.05) is 17.7 Å². The van der Waals surface area contributed by atoms with E-state index >= 15 is 0 Å². The summed E-state index contributed by atoms with van der Waals surface area (Å²) in [6.07, 6.45) is 0.613. The fraction of sp³-hybridized carbons (Fsp3) is 0.300. The number of non-ortho nitro benzene ring substituents is 1. The Labute approximate surface area is 82.7 Å². The van der Waals surface area contributed by atoms with Gasteiger partial charge in [-0.15, -0.1) is 0 Å². The van der Waals surface area contributed by atoms with Gasteiger partial charge < -0.3 is 0 Å². The van der Waals surface area contributed by atoms with E-state index in [-0.39, 0.29) is 5.69 Å². The van der Waals surface area contributed by atoms with E-state index in [0.717, 1.165) is 5.56 Å². The van der Waals surface area contributed by atoms with Crippen LogP contribution in [0.1, 0.15) is 29.8 Å². The Morgan fingerprint density at radius 1 is 1.36 bits per heavy atom. The van der Waals surface area contributed by atoms with Gasteiger partial charge in [0.15, 0.2) is 6.29 Å². The third-order valence-corrected chi connectivity index (χ3v) is 1.60. The lowest BCUT2D eigenvalue weighted by atomic mass is 10.1. The molecule has 76 valence electrons. The first-order valence-electron chi connectivity index (χ1n) is 4.35. The minimum Gasteiger partial charge on any atom is -0.298 e. The maximum atomic E-state index is 10.4.